The van der Waals surface area contributed by atoms with E-state index < -0.39 is 30.5 Å². The summed E-state index contributed by atoms with van der Waals surface area (Å²) in [7, 11) is 2.24. The van der Waals surface area contributed by atoms with Gasteiger partial charge in [0, 0.05) is 13.5 Å². The van der Waals surface area contributed by atoms with Crippen molar-refractivity contribution in [3.8, 4) is 5.75 Å². The number of rotatable bonds is 5. The van der Waals surface area contributed by atoms with Crippen molar-refractivity contribution in [1.82, 2.24) is 0 Å². The van der Waals surface area contributed by atoms with E-state index in [0.717, 1.165) is 7.11 Å². The maximum absolute atomic E-state index is 13.7. The molecule has 0 saturated heterocycles. The highest BCUT2D eigenvalue weighted by molar-refractivity contribution is 5.29. The lowest BCUT2D eigenvalue weighted by Gasteiger charge is -2.32. The highest BCUT2D eigenvalue weighted by atomic mass is 19.4. The fraction of sp³-hybridized carbons (Fsp3) is 0.538. The van der Waals surface area contributed by atoms with E-state index in [1.165, 1.54) is 31.4 Å². The molecule has 0 aliphatic heterocycles. The third kappa shape index (κ3) is 3.63. The molecule has 0 spiro atoms. The first kappa shape index (κ1) is 18.5. The van der Waals surface area contributed by atoms with Gasteiger partial charge < -0.3 is 9.47 Å². The van der Waals surface area contributed by atoms with E-state index in [1.54, 1.807) is 0 Å². The van der Waals surface area contributed by atoms with E-state index in [-0.39, 0.29) is 5.56 Å². The zero-order valence-electron chi connectivity index (χ0n) is 11.6. The molecule has 1 rings (SSSR count). The molecule has 2 nitrogen and oxygen atoms in total. The quantitative estimate of drug-likeness (QED) is 0.733. The van der Waals surface area contributed by atoms with Crippen LogP contribution in [0.15, 0.2) is 24.3 Å². The van der Waals surface area contributed by atoms with Gasteiger partial charge in [0.2, 0.25) is 0 Å². The molecule has 0 radical (unpaired) electrons. The molecule has 0 aliphatic carbocycles. The van der Waals surface area contributed by atoms with E-state index in [0.29, 0.717) is 5.75 Å². The van der Waals surface area contributed by atoms with Crippen molar-refractivity contribution in [2.24, 2.45) is 0 Å². The van der Waals surface area contributed by atoms with Gasteiger partial charge in [-0.15, -0.1) is 0 Å². The van der Waals surface area contributed by atoms with Crippen LogP contribution in [0.2, 0.25) is 0 Å². The fourth-order valence-corrected chi connectivity index (χ4v) is 1.80. The van der Waals surface area contributed by atoms with E-state index in [2.05, 4.69) is 4.74 Å². The van der Waals surface area contributed by atoms with Crippen molar-refractivity contribution < 1.29 is 40.2 Å². The molecule has 0 heterocycles. The maximum Gasteiger partial charge on any atom is 0.431 e. The van der Waals surface area contributed by atoms with Crippen LogP contribution in [0.5, 0.6) is 5.75 Å². The van der Waals surface area contributed by atoms with Crippen LogP contribution in [0.25, 0.3) is 0 Å². The number of methoxy groups -OCH3 is 2. The van der Waals surface area contributed by atoms with Crippen molar-refractivity contribution >= 4 is 0 Å². The molecule has 1 unspecified atom stereocenters. The van der Waals surface area contributed by atoms with Crippen LogP contribution in [0, 0.1) is 0 Å². The molecule has 0 saturated carbocycles. The summed E-state index contributed by atoms with van der Waals surface area (Å²) in [4.78, 5) is 0. The minimum atomic E-state index is -6.10. The van der Waals surface area contributed by atoms with Gasteiger partial charge >= 0.3 is 18.0 Å². The molecule has 0 aromatic heterocycles. The molecular weight excluding hydrogens is 321 g/mol. The average molecular weight is 334 g/mol. The second-order valence-electron chi connectivity index (χ2n) is 4.50. The number of benzene rings is 1. The summed E-state index contributed by atoms with van der Waals surface area (Å²) in [5.41, 5.74) is -5.39. The van der Waals surface area contributed by atoms with Crippen molar-refractivity contribution in [3.05, 3.63) is 29.8 Å². The van der Waals surface area contributed by atoms with Crippen LogP contribution < -0.4 is 4.74 Å². The third-order valence-corrected chi connectivity index (χ3v) is 3.14. The standard InChI is InChI=1S/C13H13F7O2/c1-21-9-5-3-8(4-6-9)10(22-2)7-11(14,12(15,16)17)13(18,19)20/h3-6,10H,7H2,1-2H3. The highest BCUT2D eigenvalue weighted by Crippen LogP contribution is 2.51. The number of halogens is 7. The van der Waals surface area contributed by atoms with E-state index >= 15 is 0 Å². The zero-order chi connectivity index (χ0) is 17.2. The van der Waals surface area contributed by atoms with Gasteiger partial charge in [0.1, 0.15) is 5.75 Å². The van der Waals surface area contributed by atoms with Gasteiger partial charge in [0.05, 0.1) is 13.2 Å². The largest absolute Gasteiger partial charge is 0.497 e. The van der Waals surface area contributed by atoms with Crippen LogP contribution in [-0.4, -0.2) is 32.2 Å². The second kappa shape index (κ2) is 6.31. The van der Waals surface area contributed by atoms with E-state index in [1.807, 2.05) is 0 Å². The van der Waals surface area contributed by atoms with Crippen LogP contribution in [0.4, 0.5) is 30.7 Å². The summed E-state index contributed by atoms with van der Waals surface area (Å²) in [6.45, 7) is 0. The molecule has 0 bridgehead atoms. The fourth-order valence-electron chi connectivity index (χ4n) is 1.80. The first-order valence-corrected chi connectivity index (χ1v) is 5.95. The lowest BCUT2D eigenvalue weighted by molar-refractivity contribution is -0.348. The van der Waals surface area contributed by atoms with Gasteiger partial charge in [-0.25, -0.2) is 4.39 Å². The Bertz CT molecular complexity index is 465. The maximum atomic E-state index is 13.7. The van der Waals surface area contributed by atoms with Crippen LogP contribution >= 0.6 is 0 Å². The number of alkyl halides is 7. The van der Waals surface area contributed by atoms with E-state index in [9.17, 15) is 30.7 Å². The normalized spacial score (nSPS) is 14.8. The van der Waals surface area contributed by atoms with Crippen LogP contribution in [0.3, 0.4) is 0 Å². The predicted octanol–water partition coefficient (Wildman–Crippen LogP) is 4.61. The second-order valence-corrected chi connectivity index (χ2v) is 4.50. The summed E-state index contributed by atoms with van der Waals surface area (Å²) in [6, 6.07) is 5.06. The Labute approximate surface area is 121 Å². The third-order valence-electron chi connectivity index (χ3n) is 3.14. The van der Waals surface area contributed by atoms with Gasteiger partial charge in [-0.05, 0) is 17.7 Å². The molecule has 9 heteroatoms. The summed E-state index contributed by atoms with van der Waals surface area (Å²) in [6.07, 6.45) is -15.9. The Kier molecular flexibility index (Phi) is 5.32. The Hall–Kier alpha value is -1.51. The molecule has 126 valence electrons. The molecule has 0 amide bonds. The lowest BCUT2D eigenvalue weighted by Crippen LogP contribution is -2.54. The van der Waals surface area contributed by atoms with Crippen LogP contribution in [-0.2, 0) is 4.74 Å². The molecule has 0 N–H and O–H groups in total. The molecule has 22 heavy (non-hydrogen) atoms. The topological polar surface area (TPSA) is 18.5 Å². The summed E-state index contributed by atoms with van der Waals surface area (Å²) in [5.74, 6) is 0.344. The number of hydrogen-bond donors (Lipinski definition) is 0. The zero-order valence-corrected chi connectivity index (χ0v) is 11.6. The van der Waals surface area contributed by atoms with Crippen molar-refractivity contribution in [2.75, 3.05) is 14.2 Å². The van der Waals surface area contributed by atoms with Gasteiger partial charge in [-0.3, -0.25) is 0 Å². The van der Waals surface area contributed by atoms with Crippen molar-refractivity contribution in [2.45, 2.75) is 30.5 Å². The van der Waals surface area contributed by atoms with E-state index in [4.69, 9.17) is 4.74 Å². The SMILES string of the molecule is COc1ccc(C(CC(F)(C(F)(F)F)C(F)(F)F)OC)cc1. The minimum Gasteiger partial charge on any atom is -0.497 e. The van der Waals surface area contributed by atoms with Gasteiger partial charge in [-0.2, -0.15) is 26.3 Å². The monoisotopic (exact) mass is 334 g/mol. The molecule has 0 aliphatic rings. The first-order chi connectivity index (χ1) is 9.96. The van der Waals surface area contributed by atoms with Crippen LogP contribution in [0.1, 0.15) is 18.1 Å². The molecule has 1 aromatic rings. The number of ether oxygens (including phenoxy) is 2. The summed E-state index contributed by atoms with van der Waals surface area (Å²) >= 11 is 0. The highest BCUT2D eigenvalue weighted by Gasteiger charge is 2.72. The number of hydrogen-bond acceptors (Lipinski definition) is 2. The Morgan fingerprint density at radius 2 is 1.32 bits per heavy atom. The first-order valence-electron chi connectivity index (χ1n) is 5.95. The Morgan fingerprint density at radius 1 is 0.864 bits per heavy atom. The predicted molar refractivity (Wildman–Crippen MR) is 63.3 cm³/mol. The minimum absolute atomic E-state index is 0.0289. The molecule has 1 aromatic carbocycles. The Balaban J connectivity index is 3.13. The smallest absolute Gasteiger partial charge is 0.431 e. The van der Waals surface area contributed by atoms with Crippen molar-refractivity contribution in [3.63, 3.8) is 0 Å². The lowest BCUT2D eigenvalue weighted by atomic mass is 9.92. The van der Waals surface area contributed by atoms with Gasteiger partial charge in [-0.1, -0.05) is 12.1 Å². The molecular formula is C13H13F7O2. The average Bonchev–Trinajstić information content (AvgIpc) is 2.42. The molecule has 0 fully saturated rings. The van der Waals surface area contributed by atoms with Gasteiger partial charge in [0.25, 0.3) is 0 Å². The summed E-state index contributed by atoms with van der Waals surface area (Å²) < 4.78 is 98.5. The Morgan fingerprint density at radius 3 is 1.64 bits per heavy atom. The van der Waals surface area contributed by atoms with Crippen molar-refractivity contribution in [1.29, 1.82) is 0 Å². The van der Waals surface area contributed by atoms with Gasteiger partial charge in [0.15, 0.2) is 0 Å². The summed E-state index contributed by atoms with van der Waals surface area (Å²) in [5, 5.41) is 0. The molecule has 1 atom stereocenters.